The summed E-state index contributed by atoms with van der Waals surface area (Å²) in [5, 5.41) is 16.5. The highest BCUT2D eigenvalue weighted by molar-refractivity contribution is 5.65. The number of anilines is 2. The lowest BCUT2D eigenvalue weighted by molar-refractivity contribution is 0.282. The van der Waals surface area contributed by atoms with Gasteiger partial charge in [0, 0.05) is 19.2 Å². The molecule has 0 radical (unpaired) electrons. The molecule has 0 saturated carbocycles. The first-order valence-corrected chi connectivity index (χ1v) is 5.80. The minimum atomic E-state index is 0.176. The molecule has 5 heteroatoms. The molecule has 1 heterocycles. The van der Waals surface area contributed by atoms with Gasteiger partial charge in [-0.05, 0) is 26.7 Å². The van der Waals surface area contributed by atoms with Crippen LogP contribution in [0.4, 0.5) is 11.5 Å². The fraction of sp³-hybridized carbons (Fsp3) is 0.727. The summed E-state index contributed by atoms with van der Waals surface area (Å²) >= 11 is 0. The summed E-state index contributed by atoms with van der Waals surface area (Å²) < 4.78 is 1.90. The normalized spacial score (nSPS) is 12.8. The predicted molar refractivity (Wildman–Crippen MR) is 66.5 cm³/mol. The molecule has 0 aliphatic heterocycles. The highest BCUT2D eigenvalue weighted by atomic mass is 16.3. The molecule has 92 valence electrons. The number of nitrogens with two attached hydrogens (primary N) is 1. The molecule has 1 rings (SSSR count). The Morgan fingerprint density at radius 1 is 1.56 bits per heavy atom. The topological polar surface area (TPSA) is 76.1 Å². The van der Waals surface area contributed by atoms with Crippen LogP contribution in [0, 0.1) is 6.92 Å². The molecule has 0 fully saturated rings. The highest BCUT2D eigenvalue weighted by Gasteiger charge is 2.13. The van der Waals surface area contributed by atoms with E-state index in [2.05, 4.69) is 17.3 Å². The average Bonchev–Trinajstić information content (AvgIpc) is 2.47. The number of nitrogen functional groups attached to an aromatic ring is 1. The molecule has 1 aromatic rings. The number of aromatic nitrogens is 2. The van der Waals surface area contributed by atoms with Crippen LogP contribution >= 0.6 is 0 Å². The summed E-state index contributed by atoms with van der Waals surface area (Å²) in [7, 11) is 0. The van der Waals surface area contributed by atoms with Crippen molar-refractivity contribution in [2.75, 3.05) is 17.7 Å². The van der Waals surface area contributed by atoms with E-state index in [1.165, 1.54) is 0 Å². The summed E-state index contributed by atoms with van der Waals surface area (Å²) in [4.78, 5) is 0. The Labute approximate surface area is 96.6 Å². The van der Waals surface area contributed by atoms with E-state index in [1.54, 1.807) is 0 Å². The van der Waals surface area contributed by atoms with Crippen LogP contribution < -0.4 is 11.1 Å². The maximum atomic E-state index is 8.87. The maximum Gasteiger partial charge on any atom is 0.148 e. The van der Waals surface area contributed by atoms with Crippen LogP contribution in [0.15, 0.2) is 0 Å². The molecule has 0 bridgehead atoms. The molecule has 1 unspecified atom stereocenters. The molecule has 0 spiro atoms. The zero-order valence-electron chi connectivity index (χ0n) is 10.3. The highest BCUT2D eigenvalue weighted by Crippen LogP contribution is 2.23. The molecular weight excluding hydrogens is 204 g/mol. The van der Waals surface area contributed by atoms with E-state index in [0.717, 1.165) is 24.5 Å². The first-order chi connectivity index (χ1) is 7.60. The van der Waals surface area contributed by atoms with Gasteiger partial charge in [-0.2, -0.15) is 5.10 Å². The lowest BCUT2D eigenvalue weighted by Gasteiger charge is -2.15. The van der Waals surface area contributed by atoms with Gasteiger partial charge in [-0.1, -0.05) is 6.92 Å². The Hall–Kier alpha value is -1.23. The van der Waals surface area contributed by atoms with E-state index in [0.29, 0.717) is 12.1 Å². The molecule has 16 heavy (non-hydrogen) atoms. The average molecular weight is 226 g/mol. The summed E-state index contributed by atoms with van der Waals surface area (Å²) in [5.74, 6) is 0.875. The van der Waals surface area contributed by atoms with Crippen LogP contribution in [-0.4, -0.2) is 27.5 Å². The monoisotopic (exact) mass is 226 g/mol. The molecule has 1 aromatic heterocycles. The molecule has 5 nitrogen and oxygen atoms in total. The number of hydrogen-bond acceptors (Lipinski definition) is 4. The van der Waals surface area contributed by atoms with Gasteiger partial charge in [0.15, 0.2) is 0 Å². The first-order valence-electron chi connectivity index (χ1n) is 5.80. The SMILES string of the molecule is CCCn1nc(C)c(N)c1NC(C)CCO. The second kappa shape index (κ2) is 5.75. The summed E-state index contributed by atoms with van der Waals surface area (Å²) in [6, 6.07) is 0.194. The quantitative estimate of drug-likeness (QED) is 0.684. The summed E-state index contributed by atoms with van der Waals surface area (Å²) in [6.07, 6.45) is 1.72. The van der Waals surface area contributed by atoms with E-state index in [-0.39, 0.29) is 12.6 Å². The van der Waals surface area contributed by atoms with E-state index in [1.807, 2.05) is 18.5 Å². The minimum absolute atomic E-state index is 0.176. The van der Waals surface area contributed by atoms with Crippen molar-refractivity contribution in [2.45, 2.75) is 46.2 Å². The van der Waals surface area contributed by atoms with Crippen LogP contribution in [0.3, 0.4) is 0 Å². The van der Waals surface area contributed by atoms with Gasteiger partial charge < -0.3 is 16.2 Å². The second-order valence-electron chi connectivity index (χ2n) is 4.13. The van der Waals surface area contributed by atoms with Gasteiger partial charge in [-0.15, -0.1) is 0 Å². The van der Waals surface area contributed by atoms with Gasteiger partial charge in [0.1, 0.15) is 5.82 Å². The Balaban J connectivity index is 2.83. The van der Waals surface area contributed by atoms with Gasteiger partial charge >= 0.3 is 0 Å². The standard InChI is InChI=1S/C11H22N4O/c1-4-6-15-11(10(12)9(3)14-15)13-8(2)5-7-16/h8,13,16H,4-7,12H2,1-3H3. The van der Waals surface area contributed by atoms with Crippen molar-refractivity contribution in [1.82, 2.24) is 9.78 Å². The van der Waals surface area contributed by atoms with Gasteiger partial charge in [0.05, 0.1) is 11.4 Å². The van der Waals surface area contributed by atoms with E-state index >= 15 is 0 Å². The lowest BCUT2D eigenvalue weighted by Crippen LogP contribution is -2.20. The Morgan fingerprint density at radius 2 is 2.25 bits per heavy atom. The third-order valence-corrected chi connectivity index (χ3v) is 2.55. The van der Waals surface area contributed by atoms with Crippen LogP contribution in [-0.2, 0) is 6.54 Å². The number of aryl methyl sites for hydroxylation is 2. The van der Waals surface area contributed by atoms with Crippen molar-refractivity contribution in [2.24, 2.45) is 0 Å². The lowest BCUT2D eigenvalue weighted by atomic mass is 10.2. The van der Waals surface area contributed by atoms with Crippen molar-refractivity contribution in [3.8, 4) is 0 Å². The van der Waals surface area contributed by atoms with Crippen molar-refractivity contribution >= 4 is 11.5 Å². The summed E-state index contributed by atoms with van der Waals surface area (Å²) in [5.41, 5.74) is 7.53. The van der Waals surface area contributed by atoms with Gasteiger partial charge in [0.25, 0.3) is 0 Å². The zero-order chi connectivity index (χ0) is 12.1. The first kappa shape index (κ1) is 12.8. The number of rotatable bonds is 6. The smallest absolute Gasteiger partial charge is 0.148 e. The van der Waals surface area contributed by atoms with Crippen LogP contribution in [0.1, 0.15) is 32.4 Å². The third kappa shape index (κ3) is 2.88. The minimum Gasteiger partial charge on any atom is -0.396 e. The van der Waals surface area contributed by atoms with Crippen LogP contribution in [0.5, 0.6) is 0 Å². The Kier molecular flexibility index (Phi) is 4.61. The zero-order valence-corrected chi connectivity index (χ0v) is 10.3. The van der Waals surface area contributed by atoms with Gasteiger partial charge in [0.2, 0.25) is 0 Å². The van der Waals surface area contributed by atoms with Crippen molar-refractivity contribution in [3.63, 3.8) is 0 Å². The second-order valence-corrected chi connectivity index (χ2v) is 4.13. The van der Waals surface area contributed by atoms with E-state index < -0.39 is 0 Å². The van der Waals surface area contributed by atoms with Gasteiger partial charge in [-0.25, -0.2) is 4.68 Å². The fourth-order valence-corrected chi connectivity index (χ4v) is 1.62. The molecule has 0 saturated heterocycles. The molecular formula is C11H22N4O. The molecule has 0 amide bonds. The molecule has 0 aliphatic rings. The molecule has 1 atom stereocenters. The number of nitrogens with one attached hydrogen (secondary N) is 1. The van der Waals surface area contributed by atoms with Gasteiger partial charge in [-0.3, -0.25) is 0 Å². The predicted octanol–water partition coefficient (Wildman–Crippen LogP) is 1.37. The Bertz CT molecular complexity index is 335. The number of aliphatic hydroxyl groups excluding tert-OH is 1. The summed E-state index contributed by atoms with van der Waals surface area (Å²) in [6.45, 7) is 7.06. The number of nitrogens with zero attached hydrogens (tertiary/aromatic N) is 2. The third-order valence-electron chi connectivity index (χ3n) is 2.55. The van der Waals surface area contributed by atoms with Crippen molar-refractivity contribution in [3.05, 3.63) is 5.69 Å². The van der Waals surface area contributed by atoms with E-state index in [4.69, 9.17) is 10.8 Å². The van der Waals surface area contributed by atoms with Crippen LogP contribution in [0.25, 0.3) is 0 Å². The number of hydrogen-bond donors (Lipinski definition) is 3. The van der Waals surface area contributed by atoms with Crippen molar-refractivity contribution in [1.29, 1.82) is 0 Å². The van der Waals surface area contributed by atoms with E-state index in [9.17, 15) is 0 Å². The molecule has 0 aliphatic carbocycles. The van der Waals surface area contributed by atoms with Crippen molar-refractivity contribution < 1.29 is 5.11 Å². The maximum absolute atomic E-state index is 8.87. The largest absolute Gasteiger partial charge is 0.396 e. The Morgan fingerprint density at radius 3 is 2.81 bits per heavy atom. The molecule has 4 N–H and O–H groups in total. The number of aliphatic hydroxyl groups is 1. The molecule has 0 aromatic carbocycles. The fourth-order valence-electron chi connectivity index (χ4n) is 1.62. The van der Waals surface area contributed by atoms with Crippen LogP contribution in [0.2, 0.25) is 0 Å².